The van der Waals surface area contributed by atoms with E-state index in [-0.39, 0.29) is 0 Å². The number of hydrogen-bond acceptors (Lipinski definition) is 4. The summed E-state index contributed by atoms with van der Waals surface area (Å²) < 4.78 is 5.60. The smallest absolute Gasteiger partial charge is 0.175 e. The number of hydrogen-bond donors (Lipinski definition) is 1. The lowest BCUT2D eigenvalue weighted by Crippen LogP contribution is -2.13. The van der Waals surface area contributed by atoms with E-state index in [0.717, 1.165) is 22.8 Å². The third-order valence-corrected chi connectivity index (χ3v) is 2.93. The first-order valence-electron chi connectivity index (χ1n) is 6.36. The molecule has 100 valence electrons. The summed E-state index contributed by atoms with van der Waals surface area (Å²) in [4.78, 5) is 6.40. The summed E-state index contributed by atoms with van der Waals surface area (Å²) in [6, 6.07) is 11.9. The molecule has 0 atom stereocenters. The van der Waals surface area contributed by atoms with Crippen LogP contribution in [0.25, 0.3) is 0 Å². The minimum Gasteiger partial charge on any atom is -0.490 e. The first kappa shape index (κ1) is 13.4. The number of anilines is 2. The van der Waals surface area contributed by atoms with Crippen molar-refractivity contribution in [2.24, 2.45) is 5.73 Å². The number of rotatable bonds is 5. The van der Waals surface area contributed by atoms with E-state index >= 15 is 0 Å². The molecule has 1 aromatic heterocycles. The van der Waals surface area contributed by atoms with Crippen LogP contribution in [-0.4, -0.2) is 18.6 Å². The van der Waals surface area contributed by atoms with Gasteiger partial charge in [-0.1, -0.05) is 12.1 Å². The van der Waals surface area contributed by atoms with Gasteiger partial charge in [0.15, 0.2) is 11.6 Å². The summed E-state index contributed by atoms with van der Waals surface area (Å²) in [5, 5.41) is 0. The van der Waals surface area contributed by atoms with Crippen molar-refractivity contribution in [1.29, 1.82) is 0 Å². The van der Waals surface area contributed by atoms with E-state index in [9.17, 15) is 0 Å². The average Bonchev–Trinajstić information content (AvgIpc) is 2.47. The van der Waals surface area contributed by atoms with Crippen molar-refractivity contribution in [2.45, 2.75) is 13.5 Å². The van der Waals surface area contributed by atoms with Crippen LogP contribution in [0.15, 0.2) is 42.6 Å². The molecule has 19 heavy (non-hydrogen) atoms. The minimum absolute atomic E-state index is 0.553. The van der Waals surface area contributed by atoms with E-state index in [0.29, 0.717) is 13.2 Å². The molecule has 0 aliphatic rings. The standard InChI is InChI=1S/C15H19N3O/c1-3-19-14-5-4-10-17-15(14)18(2)13-8-6-12(11-16)7-9-13/h4-10H,3,11,16H2,1-2H3. The van der Waals surface area contributed by atoms with Gasteiger partial charge in [0.25, 0.3) is 0 Å². The number of pyridine rings is 1. The number of benzene rings is 1. The Morgan fingerprint density at radius 3 is 2.58 bits per heavy atom. The van der Waals surface area contributed by atoms with Crippen molar-refractivity contribution in [1.82, 2.24) is 4.98 Å². The molecule has 0 spiro atoms. The quantitative estimate of drug-likeness (QED) is 0.894. The summed E-state index contributed by atoms with van der Waals surface area (Å²) in [5.74, 6) is 1.60. The van der Waals surface area contributed by atoms with Gasteiger partial charge in [0.1, 0.15) is 0 Å². The molecule has 0 amide bonds. The Labute approximate surface area is 113 Å². The van der Waals surface area contributed by atoms with Gasteiger partial charge in [0.05, 0.1) is 6.61 Å². The molecular weight excluding hydrogens is 238 g/mol. The van der Waals surface area contributed by atoms with Crippen LogP contribution in [0, 0.1) is 0 Å². The van der Waals surface area contributed by atoms with Crippen molar-refractivity contribution in [3.05, 3.63) is 48.2 Å². The van der Waals surface area contributed by atoms with Crippen LogP contribution in [0.5, 0.6) is 5.75 Å². The fraction of sp³-hybridized carbons (Fsp3) is 0.267. The summed E-state index contributed by atoms with van der Waals surface area (Å²) >= 11 is 0. The van der Waals surface area contributed by atoms with E-state index in [1.807, 2.05) is 55.3 Å². The molecule has 2 aromatic rings. The Kier molecular flexibility index (Phi) is 4.36. The van der Waals surface area contributed by atoms with Crippen LogP contribution in [0.3, 0.4) is 0 Å². The monoisotopic (exact) mass is 257 g/mol. The third-order valence-electron chi connectivity index (χ3n) is 2.93. The minimum atomic E-state index is 0.553. The van der Waals surface area contributed by atoms with Crippen molar-refractivity contribution in [3.8, 4) is 5.75 Å². The molecule has 0 unspecified atom stereocenters. The molecule has 1 aromatic carbocycles. The van der Waals surface area contributed by atoms with Crippen molar-refractivity contribution >= 4 is 11.5 Å². The fourth-order valence-corrected chi connectivity index (χ4v) is 1.88. The number of nitrogens with zero attached hydrogens (tertiary/aromatic N) is 2. The molecule has 2 N–H and O–H groups in total. The Morgan fingerprint density at radius 2 is 1.95 bits per heavy atom. The highest BCUT2D eigenvalue weighted by atomic mass is 16.5. The van der Waals surface area contributed by atoms with Gasteiger partial charge in [0, 0.05) is 25.5 Å². The van der Waals surface area contributed by atoms with E-state index in [4.69, 9.17) is 10.5 Å². The van der Waals surface area contributed by atoms with Gasteiger partial charge in [-0.25, -0.2) is 4.98 Å². The van der Waals surface area contributed by atoms with Gasteiger partial charge >= 0.3 is 0 Å². The molecule has 4 nitrogen and oxygen atoms in total. The second-order valence-corrected chi connectivity index (χ2v) is 4.19. The molecule has 0 fully saturated rings. The van der Waals surface area contributed by atoms with Crippen molar-refractivity contribution < 1.29 is 4.74 Å². The predicted octanol–water partition coefficient (Wildman–Crippen LogP) is 2.71. The maximum Gasteiger partial charge on any atom is 0.175 e. The first-order chi connectivity index (χ1) is 9.26. The van der Waals surface area contributed by atoms with E-state index in [2.05, 4.69) is 4.98 Å². The molecule has 1 heterocycles. The summed E-state index contributed by atoms with van der Waals surface area (Å²) in [6.45, 7) is 3.14. The molecule has 0 radical (unpaired) electrons. The Bertz CT molecular complexity index is 525. The topological polar surface area (TPSA) is 51.4 Å². The Balaban J connectivity index is 2.29. The zero-order chi connectivity index (χ0) is 13.7. The largest absolute Gasteiger partial charge is 0.490 e. The molecule has 0 aliphatic heterocycles. The zero-order valence-electron chi connectivity index (χ0n) is 11.3. The van der Waals surface area contributed by atoms with Crippen LogP contribution >= 0.6 is 0 Å². The second kappa shape index (κ2) is 6.20. The summed E-state index contributed by atoms with van der Waals surface area (Å²) in [6.07, 6.45) is 1.77. The fourth-order valence-electron chi connectivity index (χ4n) is 1.88. The van der Waals surface area contributed by atoms with Gasteiger partial charge in [-0.3, -0.25) is 0 Å². The average molecular weight is 257 g/mol. The highest BCUT2D eigenvalue weighted by molar-refractivity contribution is 5.64. The van der Waals surface area contributed by atoms with Gasteiger partial charge in [-0.2, -0.15) is 0 Å². The van der Waals surface area contributed by atoms with Gasteiger partial charge in [-0.05, 0) is 36.8 Å². The summed E-state index contributed by atoms with van der Waals surface area (Å²) in [5.41, 5.74) is 7.77. The van der Waals surface area contributed by atoms with Crippen LogP contribution in [0.2, 0.25) is 0 Å². The number of aromatic nitrogens is 1. The molecule has 2 rings (SSSR count). The van der Waals surface area contributed by atoms with Gasteiger partial charge < -0.3 is 15.4 Å². The highest BCUT2D eigenvalue weighted by Gasteiger charge is 2.11. The van der Waals surface area contributed by atoms with Crippen molar-refractivity contribution in [3.63, 3.8) is 0 Å². The predicted molar refractivity (Wildman–Crippen MR) is 77.8 cm³/mol. The molecule has 0 bridgehead atoms. The molecule has 0 aliphatic carbocycles. The summed E-state index contributed by atoms with van der Waals surface area (Å²) in [7, 11) is 1.97. The van der Waals surface area contributed by atoms with E-state index < -0.39 is 0 Å². The molecule has 0 saturated heterocycles. The lowest BCUT2D eigenvalue weighted by atomic mass is 10.2. The van der Waals surface area contributed by atoms with Crippen LogP contribution in [0.1, 0.15) is 12.5 Å². The zero-order valence-corrected chi connectivity index (χ0v) is 11.3. The van der Waals surface area contributed by atoms with E-state index in [1.165, 1.54) is 0 Å². The molecule has 0 saturated carbocycles. The Hall–Kier alpha value is -2.07. The lowest BCUT2D eigenvalue weighted by Gasteiger charge is -2.21. The van der Waals surface area contributed by atoms with Crippen LogP contribution in [0.4, 0.5) is 11.5 Å². The lowest BCUT2D eigenvalue weighted by molar-refractivity contribution is 0.340. The van der Waals surface area contributed by atoms with Crippen LogP contribution < -0.4 is 15.4 Å². The normalized spacial score (nSPS) is 10.3. The molecule has 4 heteroatoms. The maximum atomic E-state index is 5.60. The SMILES string of the molecule is CCOc1cccnc1N(C)c1ccc(CN)cc1. The molecular formula is C15H19N3O. The first-order valence-corrected chi connectivity index (χ1v) is 6.36. The second-order valence-electron chi connectivity index (χ2n) is 4.19. The third kappa shape index (κ3) is 3.03. The van der Waals surface area contributed by atoms with Crippen molar-refractivity contribution in [2.75, 3.05) is 18.6 Å². The maximum absolute atomic E-state index is 5.60. The number of nitrogens with two attached hydrogens (primary N) is 1. The van der Waals surface area contributed by atoms with Gasteiger partial charge in [0.2, 0.25) is 0 Å². The van der Waals surface area contributed by atoms with Gasteiger partial charge in [-0.15, -0.1) is 0 Å². The highest BCUT2D eigenvalue weighted by Crippen LogP contribution is 2.30. The number of ether oxygens (including phenoxy) is 1. The van der Waals surface area contributed by atoms with Crippen LogP contribution in [-0.2, 0) is 6.54 Å². The Morgan fingerprint density at radius 1 is 1.21 bits per heavy atom. The van der Waals surface area contributed by atoms with E-state index in [1.54, 1.807) is 6.20 Å².